The van der Waals surface area contributed by atoms with Crippen LogP contribution in [0.3, 0.4) is 0 Å². The van der Waals surface area contributed by atoms with Gasteiger partial charge in [0.15, 0.2) is 0 Å². The van der Waals surface area contributed by atoms with Gasteiger partial charge in [-0.15, -0.1) is 5.10 Å². The molecule has 1 saturated heterocycles. The molecule has 1 aliphatic rings. The fraction of sp³-hybridized carbons (Fsp3) is 0.600. The van der Waals surface area contributed by atoms with E-state index in [0.29, 0.717) is 18.9 Å². The van der Waals surface area contributed by atoms with E-state index in [2.05, 4.69) is 15.5 Å². The van der Waals surface area contributed by atoms with Crippen LogP contribution in [0.1, 0.15) is 12.3 Å². The number of carbonyl (C=O) groups is 2. The lowest BCUT2D eigenvalue weighted by Gasteiger charge is -2.19. The van der Waals surface area contributed by atoms with Crippen LogP contribution in [0.25, 0.3) is 0 Å². The van der Waals surface area contributed by atoms with E-state index in [0.717, 1.165) is 0 Å². The van der Waals surface area contributed by atoms with Crippen LogP contribution in [-0.4, -0.2) is 57.3 Å². The van der Waals surface area contributed by atoms with E-state index in [1.165, 1.54) is 0 Å². The predicted octanol–water partition coefficient (Wildman–Crippen LogP) is -1.20. The van der Waals surface area contributed by atoms with Crippen LogP contribution >= 0.6 is 0 Å². The minimum absolute atomic E-state index is 0.0268. The maximum atomic E-state index is 11.7. The summed E-state index contributed by atoms with van der Waals surface area (Å²) in [6.07, 6.45) is 0.315. The minimum atomic E-state index is -1.28. The maximum Gasteiger partial charge on any atom is 0.325 e. The van der Waals surface area contributed by atoms with Crippen molar-refractivity contribution < 1.29 is 19.1 Å². The molecular weight excluding hydrogens is 254 g/mol. The van der Waals surface area contributed by atoms with Crippen molar-refractivity contribution in [2.24, 2.45) is 5.73 Å². The highest BCUT2D eigenvalue weighted by Gasteiger charge is 2.41. The third-order valence-electron chi connectivity index (χ3n) is 2.95. The van der Waals surface area contributed by atoms with Gasteiger partial charge < -0.3 is 15.3 Å². The number of hydrogen-bond donors (Lipinski definition) is 3. The van der Waals surface area contributed by atoms with Crippen LogP contribution < -0.4 is 11.1 Å². The standard InChI is InChI=1S/C10H15N5O4/c1-6-13-14-9(19-6)12-7(16)4-15-3-2-10(11,5-15)8(17)18/h2-5,11H2,1H3,(H,17,18)(H,12,14,16). The molecule has 0 radical (unpaired) electrons. The number of aliphatic carboxylic acids is 1. The molecule has 1 amide bonds. The highest BCUT2D eigenvalue weighted by atomic mass is 16.4. The van der Waals surface area contributed by atoms with Gasteiger partial charge >= 0.3 is 12.0 Å². The number of aromatic nitrogens is 2. The Labute approximate surface area is 108 Å². The van der Waals surface area contributed by atoms with E-state index in [4.69, 9.17) is 15.3 Å². The van der Waals surface area contributed by atoms with Crippen LogP contribution in [0.5, 0.6) is 0 Å². The van der Waals surface area contributed by atoms with Crippen LogP contribution in [0.15, 0.2) is 4.42 Å². The lowest BCUT2D eigenvalue weighted by molar-refractivity contribution is -0.143. The zero-order valence-electron chi connectivity index (χ0n) is 10.4. The van der Waals surface area contributed by atoms with Gasteiger partial charge in [0.1, 0.15) is 5.54 Å². The molecule has 1 aromatic rings. The first-order valence-corrected chi connectivity index (χ1v) is 5.74. The van der Waals surface area contributed by atoms with Gasteiger partial charge in [0, 0.05) is 20.0 Å². The summed E-state index contributed by atoms with van der Waals surface area (Å²) < 4.78 is 5.01. The van der Waals surface area contributed by atoms with E-state index in [1.807, 2.05) is 0 Å². The Kier molecular flexibility index (Phi) is 3.49. The predicted molar refractivity (Wildman–Crippen MR) is 63.3 cm³/mol. The number of rotatable bonds is 4. The molecular formula is C10H15N5O4. The van der Waals surface area contributed by atoms with Crippen LogP contribution in [0.4, 0.5) is 6.01 Å². The molecule has 1 aliphatic heterocycles. The summed E-state index contributed by atoms with van der Waals surface area (Å²) in [5, 5.41) is 18.6. The summed E-state index contributed by atoms with van der Waals surface area (Å²) in [4.78, 5) is 24.3. The average Bonchev–Trinajstić information content (AvgIpc) is 2.87. The van der Waals surface area contributed by atoms with Gasteiger partial charge in [0.25, 0.3) is 0 Å². The molecule has 1 unspecified atom stereocenters. The van der Waals surface area contributed by atoms with Gasteiger partial charge in [-0.2, -0.15) is 0 Å². The number of amides is 1. The molecule has 4 N–H and O–H groups in total. The minimum Gasteiger partial charge on any atom is -0.480 e. The first-order chi connectivity index (χ1) is 8.89. The third kappa shape index (κ3) is 3.06. The largest absolute Gasteiger partial charge is 0.480 e. The zero-order valence-corrected chi connectivity index (χ0v) is 10.4. The van der Waals surface area contributed by atoms with Crippen molar-refractivity contribution in [2.45, 2.75) is 18.9 Å². The second kappa shape index (κ2) is 4.94. The molecule has 2 rings (SSSR count). The van der Waals surface area contributed by atoms with Crippen molar-refractivity contribution in [2.75, 3.05) is 25.0 Å². The fourth-order valence-corrected chi connectivity index (χ4v) is 1.93. The smallest absolute Gasteiger partial charge is 0.325 e. The molecule has 0 spiro atoms. The highest BCUT2D eigenvalue weighted by Crippen LogP contribution is 2.18. The average molecular weight is 269 g/mol. The van der Waals surface area contributed by atoms with Crippen LogP contribution in [0, 0.1) is 6.92 Å². The van der Waals surface area contributed by atoms with Gasteiger partial charge in [0.2, 0.25) is 11.8 Å². The molecule has 0 saturated carbocycles. The van der Waals surface area contributed by atoms with Crippen molar-refractivity contribution in [3.05, 3.63) is 5.89 Å². The van der Waals surface area contributed by atoms with Gasteiger partial charge in [0.05, 0.1) is 6.54 Å². The monoisotopic (exact) mass is 269 g/mol. The first kappa shape index (κ1) is 13.4. The summed E-state index contributed by atoms with van der Waals surface area (Å²) in [5.74, 6) is -1.05. The molecule has 0 aliphatic carbocycles. The normalized spacial score (nSPS) is 23.5. The number of nitrogens with two attached hydrogens (primary N) is 1. The second-order valence-electron chi connectivity index (χ2n) is 4.60. The Morgan fingerprint density at radius 1 is 1.58 bits per heavy atom. The summed E-state index contributed by atoms with van der Waals surface area (Å²) in [6.45, 7) is 2.24. The number of aryl methyl sites for hydroxylation is 1. The molecule has 104 valence electrons. The number of carboxylic acid groups (broad SMARTS) is 1. The Hall–Kier alpha value is -2.00. The highest BCUT2D eigenvalue weighted by molar-refractivity contribution is 5.90. The fourth-order valence-electron chi connectivity index (χ4n) is 1.93. The third-order valence-corrected chi connectivity index (χ3v) is 2.95. The maximum absolute atomic E-state index is 11.7. The number of carboxylic acids is 1. The Balaban J connectivity index is 1.86. The molecule has 9 heteroatoms. The molecule has 1 atom stereocenters. The van der Waals surface area contributed by atoms with Crippen molar-refractivity contribution in [3.63, 3.8) is 0 Å². The van der Waals surface area contributed by atoms with Crippen molar-refractivity contribution >= 4 is 17.9 Å². The number of likely N-dealkylation sites (tertiary alicyclic amines) is 1. The Bertz CT molecular complexity index is 502. The molecule has 0 bridgehead atoms. The van der Waals surface area contributed by atoms with Gasteiger partial charge in [-0.3, -0.25) is 19.8 Å². The van der Waals surface area contributed by atoms with Crippen molar-refractivity contribution in [3.8, 4) is 0 Å². The number of hydrogen-bond acceptors (Lipinski definition) is 7. The zero-order chi connectivity index (χ0) is 14.0. The van der Waals surface area contributed by atoms with Crippen LogP contribution in [0.2, 0.25) is 0 Å². The number of nitrogens with zero attached hydrogens (tertiary/aromatic N) is 3. The number of carbonyl (C=O) groups excluding carboxylic acids is 1. The van der Waals surface area contributed by atoms with Crippen molar-refractivity contribution in [1.29, 1.82) is 0 Å². The molecule has 0 aromatic carbocycles. The quantitative estimate of drug-likeness (QED) is 0.620. The van der Waals surface area contributed by atoms with E-state index < -0.39 is 11.5 Å². The van der Waals surface area contributed by atoms with Gasteiger partial charge in [-0.1, -0.05) is 5.10 Å². The topological polar surface area (TPSA) is 135 Å². The van der Waals surface area contributed by atoms with Crippen molar-refractivity contribution in [1.82, 2.24) is 15.1 Å². The van der Waals surface area contributed by atoms with E-state index >= 15 is 0 Å². The summed E-state index contributed by atoms with van der Waals surface area (Å²) >= 11 is 0. The summed E-state index contributed by atoms with van der Waals surface area (Å²) in [6, 6.07) is 0.0268. The van der Waals surface area contributed by atoms with E-state index in [9.17, 15) is 9.59 Å². The van der Waals surface area contributed by atoms with Gasteiger partial charge in [-0.25, -0.2) is 0 Å². The Morgan fingerprint density at radius 3 is 2.84 bits per heavy atom. The van der Waals surface area contributed by atoms with Gasteiger partial charge in [-0.05, 0) is 6.42 Å². The lowest BCUT2D eigenvalue weighted by Crippen LogP contribution is -2.50. The lowest BCUT2D eigenvalue weighted by atomic mass is 10.0. The van der Waals surface area contributed by atoms with E-state index in [1.54, 1.807) is 11.8 Å². The molecule has 19 heavy (non-hydrogen) atoms. The molecule has 1 fully saturated rings. The molecule has 1 aromatic heterocycles. The summed E-state index contributed by atoms with van der Waals surface area (Å²) in [5.41, 5.74) is 4.43. The molecule has 2 heterocycles. The van der Waals surface area contributed by atoms with E-state index in [-0.39, 0.29) is 25.0 Å². The Morgan fingerprint density at radius 2 is 2.32 bits per heavy atom. The van der Waals surface area contributed by atoms with Crippen LogP contribution in [-0.2, 0) is 9.59 Å². The first-order valence-electron chi connectivity index (χ1n) is 5.74. The summed E-state index contributed by atoms with van der Waals surface area (Å²) in [7, 11) is 0. The number of anilines is 1. The SMILES string of the molecule is Cc1nnc(NC(=O)CN2CCC(N)(C(=O)O)C2)o1. The second-order valence-corrected chi connectivity index (χ2v) is 4.60. The molecule has 9 nitrogen and oxygen atoms in total. The number of nitrogens with one attached hydrogen (secondary N) is 1.